The Morgan fingerprint density at radius 3 is 2.68 bits per heavy atom. The molecule has 31 heavy (non-hydrogen) atoms. The number of benzene rings is 1. The van der Waals surface area contributed by atoms with Crippen LogP contribution in [-0.4, -0.2) is 64.7 Å². The summed E-state index contributed by atoms with van der Waals surface area (Å²) in [6.07, 6.45) is 0. The number of carbonyl (C=O) groups is 2. The van der Waals surface area contributed by atoms with E-state index in [0.29, 0.717) is 47.9 Å². The zero-order chi connectivity index (χ0) is 22.4. The predicted octanol–water partition coefficient (Wildman–Crippen LogP) is 2.95. The number of halogens is 1. The van der Waals surface area contributed by atoms with Crippen LogP contribution in [0.3, 0.4) is 0 Å². The molecule has 0 aliphatic carbocycles. The van der Waals surface area contributed by atoms with Gasteiger partial charge in [-0.15, -0.1) is 0 Å². The zero-order valence-corrected chi connectivity index (χ0v) is 19.4. The molecule has 1 aliphatic heterocycles. The lowest BCUT2D eigenvalue weighted by Crippen LogP contribution is -2.54. The van der Waals surface area contributed by atoms with Gasteiger partial charge in [0.1, 0.15) is 11.0 Å². The Morgan fingerprint density at radius 1 is 1.26 bits per heavy atom. The first-order valence-corrected chi connectivity index (χ1v) is 11.4. The number of amides is 2. The van der Waals surface area contributed by atoms with Gasteiger partial charge in [-0.25, -0.2) is 15.4 Å². The minimum atomic E-state index is -0.270. The molecule has 1 aromatic heterocycles. The van der Waals surface area contributed by atoms with E-state index in [0.717, 1.165) is 5.56 Å². The van der Waals surface area contributed by atoms with Crippen molar-refractivity contribution < 1.29 is 14.4 Å². The SMILES string of the molecule is CCONC(=O)CSc1nc(Cl)cc(N2CCN(C(=O)c3ccc(C)cc3)C(C)C2)n1. The van der Waals surface area contributed by atoms with Crippen molar-refractivity contribution in [3.8, 4) is 0 Å². The summed E-state index contributed by atoms with van der Waals surface area (Å²) in [7, 11) is 0. The van der Waals surface area contributed by atoms with Crippen molar-refractivity contribution in [1.29, 1.82) is 0 Å². The maximum absolute atomic E-state index is 12.9. The van der Waals surface area contributed by atoms with Crippen molar-refractivity contribution in [3.05, 3.63) is 46.6 Å². The monoisotopic (exact) mass is 463 g/mol. The first-order valence-electron chi connectivity index (χ1n) is 10.1. The second-order valence-electron chi connectivity index (χ2n) is 7.24. The first-order chi connectivity index (χ1) is 14.9. The summed E-state index contributed by atoms with van der Waals surface area (Å²) in [6, 6.07) is 9.34. The molecule has 2 aromatic rings. The van der Waals surface area contributed by atoms with Gasteiger partial charge in [0.05, 0.1) is 12.4 Å². The van der Waals surface area contributed by atoms with Crippen LogP contribution in [0.25, 0.3) is 0 Å². The molecule has 8 nitrogen and oxygen atoms in total. The molecule has 166 valence electrons. The van der Waals surface area contributed by atoms with E-state index in [-0.39, 0.29) is 23.6 Å². The Bertz CT molecular complexity index is 928. The lowest BCUT2D eigenvalue weighted by Gasteiger charge is -2.40. The molecule has 2 heterocycles. The van der Waals surface area contributed by atoms with E-state index in [2.05, 4.69) is 20.3 Å². The molecule has 1 aromatic carbocycles. The third kappa shape index (κ3) is 6.32. The van der Waals surface area contributed by atoms with Gasteiger partial charge >= 0.3 is 0 Å². The van der Waals surface area contributed by atoms with E-state index in [9.17, 15) is 9.59 Å². The van der Waals surface area contributed by atoms with Crippen molar-refractivity contribution in [1.82, 2.24) is 20.3 Å². The van der Waals surface area contributed by atoms with Gasteiger partial charge in [0, 0.05) is 37.3 Å². The van der Waals surface area contributed by atoms with E-state index < -0.39 is 0 Å². The van der Waals surface area contributed by atoms with Crippen LogP contribution in [0.2, 0.25) is 5.15 Å². The maximum Gasteiger partial charge on any atom is 0.254 e. The van der Waals surface area contributed by atoms with Crippen molar-refractivity contribution in [2.24, 2.45) is 0 Å². The van der Waals surface area contributed by atoms with Crippen LogP contribution < -0.4 is 10.4 Å². The van der Waals surface area contributed by atoms with Gasteiger partial charge in [0.25, 0.3) is 11.8 Å². The van der Waals surface area contributed by atoms with Crippen LogP contribution in [-0.2, 0) is 9.63 Å². The Balaban J connectivity index is 1.64. The normalized spacial score (nSPS) is 16.3. The van der Waals surface area contributed by atoms with Gasteiger partial charge in [-0.2, -0.15) is 0 Å². The van der Waals surface area contributed by atoms with Gasteiger partial charge in [-0.05, 0) is 32.9 Å². The number of carbonyl (C=O) groups excluding carboxylic acids is 2. The van der Waals surface area contributed by atoms with Crippen LogP contribution in [0.4, 0.5) is 5.82 Å². The Labute approximate surface area is 191 Å². The number of nitrogens with zero attached hydrogens (tertiary/aromatic N) is 4. The topological polar surface area (TPSA) is 87.7 Å². The van der Waals surface area contributed by atoms with Crippen molar-refractivity contribution in [2.45, 2.75) is 32.0 Å². The Morgan fingerprint density at radius 2 is 2.00 bits per heavy atom. The quantitative estimate of drug-likeness (QED) is 0.292. The highest BCUT2D eigenvalue weighted by Crippen LogP contribution is 2.24. The molecule has 2 amide bonds. The summed E-state index contributed by atoms with van der Waals surface area (Å²) in [5.41, 5.74) is 4.16. The number of hydroxylamine groups is 1. The standard InChI is InChI=1S/C21H26ClN5O3S/c1-4-30-25-19(28)13-31-21-23-17(22)11-18(24-21)26-9-10-27(15(3)12-26)20(29)16-7-5-14(2)6-8-16/h5-8,11,15H,4,9-10,12-13H2,1-3H3,(H,25,28). The molecule has 0 saturated carbocycles. The summed E-state index contributed by atoms with van der Waals surface area (Å²) >= 11 is 7.38. The predicted molar refractivity (Wildman–Crippen MR) is 121 cm³/mol. The maximum atomic E-state index is 12.9. The minimum Gasteiger partial charge on any atom is -0.353 e. The molecule has 0 spiro atoms. The molecule has 1 atom stereocenters. The molecule has 1 aliphatic rings. The smallest absolute Gasteiger partial charge is 0.254 e. The summed E-state index contributed by atoms with van der Waals surface area (Å²) < 4.78 is 0. The number of rotatable bonds is 7. The molecule has 0 radical (unpaired) electrons. The fourth-order valence-electron chi connectivity index (χ4n) is 3.25. The van der Waals surface area contributed by atoms with Crippen LogP contribution in [0, 0.1) is 6.92 Å². The van der Waals surface area contributed by atoms with Crippen LogP contribution >= 0.6 is 23.4 Å². The fourth-order valence-corrected chi connectivity index (χ4v) is 4.12. The number of anilines is 1. The lowest BCUT2D eigenvalue weighted by molar-refractivity contribution is -0.130. The molecule has 10 heteroatoms. The molecule has 1 unspecified atom stereocenters. The number of piperazine rings is 1. The van der Waals surface area contributed by atoms with Gasteiger partial charge < -0.3 is 9.80 Å². The Hall–Kier alpha value is -2.36. The summed E-state index contributed by atoms with van der Waals surface area (Å²) in [4.78, 5) is 42.2. The van der Waals surface area contributed by atoms with Gasteiger partial charge in [0.2, 0.25) is 0 Å². The zero-order valence-electron chi connectivity index (χ0n) is 17.8. The Kier molecular flexibility index (Phi) is 8.11. The first kappa shape index (κ1) is 23.3. The molecule has 1 saturated heterocycles. The largest absolute Gasteiger partial charge is 0.353 e. The van der Waals surface area contributed by atoms with Crippen LogP contribution in [0.5, 0.6) is 0 Å². The minimum absolute atomic E-state index is 0.00404. The van der Waals surface area contributed by atoms with Crippen molar-refractivity contribution in [3.63, 3.8) is 0 Å². The van der Waals surface area contributed by atoms with Crippen molar-refractivity contribution >= 4 is 41.0 Å². The third-order valence-corrected chi connectivity index (χ3v) is 5.88. The number of hydrogen-bond acceptors (Lipinski definition) is 7. The molecular weight excluding hydrogens is 438 g/mol. The van der Waals surface area contributed by atoms with Crippen LogP contribution in [0.15, 0.2) is 35.5 Å². The summed E-state index contributed by atoms with van der Waals surface area (Å²) in [5.74, 6) is 0.565. The second-order valence-corrected chi connectivity index (χ2v) is 8.57. The van der Waals surface area contributed by atoms with Crippen LogP contribution in [0.1, 0.15) is 29.8 Å². The van der Waals surface area contributed by atoms with E-state index in [1.165, 1.54) is 11.8 Å². The van der Waals surface area contributed by atoms with E-state index in [1.54, 1.807) is 13.0 Å². The van der Waals surface area contributed by atoms with Gasteiger partial charge in [-0.3, -0.25) is 14.4 Å². The number of nitrogens with one attached hydrogen (secondary N) is 1. The van der Waals surface area contributed by atoms with Crippen molar-refractivity contribution in [2.75, 3.05) is 36.9 Å². The molecule has 0 bridgehead atoms. The second kappa shape index (κ2) is 10.8. The molecule has 1 N–H and O–H groups in total. The highest BCUT2D eigenvalue weighted by molar-refractivity contribution is 7.99. The lowest BCUT2D eigenvalue weighted by atomic mass is 10.1. The molecule has 3 rings (SSSR count). The van der Waals surface area contributed by atoms with Gasteiger partial charge in [0.15, 0.2) is 5.16 Å². The van der Waals surface area contributed by atoms with E-state index >= 15 is 0 Å². The summed E-state index contributed by atoms with van der Waals surface area (Å²) in [6.45, 7) is 8.04. The average molecular weight is 464 g/mol. The highest BCUT2D eigenvalue weighted by Gasteiger charge is 2.29. The molecule has 1 fully saturated rings. The highest BCUT2D eigenvalue weighted by atomic mass is 35.5. The fraction of sp³-hybridized carbons (Fsp3) is 0.429. The third-order valence-electron chi connectivity index (χ3n) is 4.83. The molecular formula is C21H26ClN5O3S. The number of hydrogen-bond donors (Lipinski definition) is 1. The number of aromatic nitrogens is 2. The number of thioether (sulfide) groups is 1. The number of aryl methyl sites for hydroxylation is 1. The summed E-state index contributed by atoms with van der Waals surface area (Å²) in [5, 5.41) is 0.725. The van der Waals surface area contributed by atoms with E-state index in [1.807, 2.05) is 43.0 Å². The van der Waals surface area contributed by atoms with Gasteiger partial charge in [-0.1, -0.05) is 41.1 Å². The average Bonchev–Trinajstić information content (AvgIpc) is 2.76. The van der Waals surface area contributed by atoms with E-state index in [4.69, 9.17) is 16.4 Å².